The summed E-state index contributed by atoms with van der Waals surface area (Å²) in [7, 11) is 3.38. The van der Waals surface area contributed by atoms with Crippen LogP contribution in [0.25, 0.3) is 0 Å². The predicted molar refractivity (Wildman–Crippen MR) is 81.5 cm³/mol. The lowest BCUT2D eigenvalue weighted by Crippen LogP contribution is -2.34. The number of nitrogens with one attached hydrogen (secondary N) is 1. The van der Waals surface area contributed by atoms with Gasteiger partial charge in [0.1, 0.15) is 5.75 Å². The van der Waals surface area contributed by atoms with Gasteiger partial charge in [0.05, 0.1) is 26.9 Å². The molecule has 4 heteroatoms. The predicted octanol–water partition coefficient (Wildman–Crippen LogP) is 2.27. The summed E-state index contributed by atoms with van der Waals surface area (Å²) in [6.07, 6.45) is 2.10. The summed E-state index contributed by atoms with van der Waals surface area (Å²) in [5, 5.41) is 3.46. The van der Waals surface area contributed by atoms with E-state index in [2.05, 4.69) is 24.4 Å². The van der Waals surface area contributed by atoms with E-state index in [1.54, 1.807) is 14.2 Å². The van der Waals surface area contributed by atoms with E-state index in [0.29, 0.717) is 19.3 Å². The van der Waals surface area contributed by atoms with Crippen LogP contribution in [0.3, 0.4) is 0 Å². The Morgan fingerprint density at radius 3 is 2.45 bits per heavy atom. The maximum Gasteiger partial charge on any atom is 0.118 e. The van der Waals surface area contributed by atoms with Gasteiger partial charge in [0, 0.05) is 13.2 Å². The third-order valence-electron chi connectivity index (χ3n) is 3.18. The molecule has 1 atom stereocenters. The second kappa shape index (κ2) is 10.7. The van der Waals surface area contributed by atoms with Crippen LogP contribution in [-0.2, 0) is 15.9 Å². The van der Waals surface area contributed by atoms with Gasteiger partial charge in [-0.15, -0.1) is 0 Å². The molecule has 0 aliphatic carbocycles. The number of hydrogen-bond donors (Lipinski definition) is 1. The van der Waals surface area contributed by atoms with Crippen molar-refractivity contribution in [1.29, 1.82) is 0 Å². The molecule has 0 fully saturated rings. The molecule has 0 heterocycles. The van der Waals surface area contributed by atoms with Gasteiger partial charge >= 0.3 is 0 Å². The van der Waals surface area contributed by atoms with Crippen molar-refractivity contribution in [3.8, 4) is 5.75 Å². The molecule has 1 unspecified atom stereocenters. The minimum absolute atomic E-state index is 0.388. The fraction of sp³-hybridized carbons (Fsp3) is 0.625. The van der Waals surface area contributed by atoms with Gasteiger partial charge in [-0.25, -0.2) is 0 Å². The second-order valence-electron chi connectivity index (χ2n) is 4.71. The third kappa shape index (κ3) is 6.89. The molecule has 0 radical (unpaired) electrons. The molecule has 0 amide bonds. The summed E-state index contributed by atoms with van der Waals surface area (Å²) in [5.41, 5.74) is 1.32. The van der Waals surface area contributed by atoms with Gasteiger partial charge in [0.2, 0.25) is 0 Å². The van der Waals surface area contributed by atoms with Crippen LogP contribution in [0.15, 0.2) is 24.3 Å². The largest absolute Gasteiger partial charge is 0.497 e. The standard InChI is InChI=1S/C16H27NO3/c1-4-17-15(13-20-12-11-18-2)8-5-14-6-9-16(19-3)10-7-14/h6-7,9-10,15,17H,4-5,8,11-13H2,1-3H3. The highest BCUT2D eigenvalue weighted by atomic mass is 16.5. The summed E-state index contributed by atoms with van der Waals surface area (Å²) in [5.74, 6) is 0.903. The summed E-state index contributed by atoms with van der Waals surface area (Å²) >= 11 is 0. The molecule has 0 saturated heterocycles. The summed E-state index contributed by atoms with van der Waals surface area (Å²) in [4.78, 5) is 0. The Kier molecular flexibility index (Phi) is 9.04. The van der Waals surface area contributed by atoms with E-state index >= 15 is 0 Å². The van der Waals surface area contributed by atoms with Crippen molar-refractivity contribution in [3.63, 3.8) is 0 Å². The fourth-order valence-electron chi connectivity index (χ4n) is 2.03. The van der Waals surface area contributed by atoms with E-state index in [1.165, 1.54) is 5.56 Å². The van der Waals surface area contributed by atoms with Crippen LogP contribution in [0.2, 0.25) is 0 Å². The third-order valence-corrected chi connectivity index (χ3v) is 3.18. The van der Waals surface area contributed by atoms with Crippen molar-refractivity contribution in [1.82, 2.24) is 5.32 Å². The first-order valence-electron chi connectivity index (χ1n) is 7.23. The molecule has 4 nitrogen and oxygen atoms in total. The quantitative estimate of drug-likeness (QED) is 0.632. The Morgan fingerprint density at radius 2 is 1.85 bits per heavy atom. The molecule has 0 spiro atoms. The molecule has 20 heavy (non-hydrogen) atoms. The summed E-state index contributed by atoms with van der Waals surface area (Å²) < 4.78 is 15.7. The minimum atomic E-state index is 0.388. The smallest absolute Gasteiger partial charge is 0.118 e. The van der Waals surface area contributed by atoms with Gasteiger partial charge in [-0.3, -0.25) is 0 Å². The Hall–Kier alpha value is -1.10. The topological polar surface area (TPSA) is 39.7 Å². The SMILES string of the molecule is CCNC(CCc1ccc(OC)cc1)COCCOC. The maximum absolute atomic E-state index is 5.61. The highest BCUT2D eigenvalue weighted by Gasteiger charge is 2.08. The average molecular weight is 281 g/mol. The highest BCUT2D eigenvalue weighted by molar-refractivity contribution is 5.27. The molecule has 0 aliphatic rings. The van der Waals surface area contributed by atoms with E-state index < -0.39 is 0 Å². The van der Waals surface area contributed by atoms with Crippen molar-refractivity contribution in [2.24, 2.45) is 0 Å². The molecule has 1 aromatic carbocycles. The van der Waals surface area contributed by atoms with Crippen LogP contribution < -0.4 is 10.1 Å². The lowest BCUT2D eigenvalue weighted by Gasteiger charge is -2.18. The van der Waals surface area contributed by atoms with Crippen LogP contribution in [-0.4, -0.2) is 46.6 Å². The van der Waals surface area contributed by atoms with Crippen molar-refractivity contribution in [3.05, 3.63) is 29.8 Å². The average Bonchev–Trinajstić information content (AvgIpc) is 2.49. The molecule has 0 saturated carbocycles. The number of hydrogen-bond acceptors (Lipinski definition) is 4. The van der Waals surface area contributed by atoms with Crippen LogP contribution in [0.1, 0.15) is 18.9 Å². The van der Waals surface area contributed by atoms with E-state index in [1.807, 2.05) is 12.1 Å². The van der Waals surface area contributed by atoms with Gasteiger partial charge in [0.15, 0.2) is 0 Å². The highest BCUT2D eigenvalue weighted by Crippen LogP contribution is 2.13. The van der Waals surface area contributed by atoms with Crippen molar-refractivity contribution >= 4 is 0 Å². The first-order valence-corrected chi connectivity index (χ1v) is 7.23. The molecule has 1 N–H and O–H groups in total. The first-order chi connectivity index (χ1) is 9.80. The van der Waals surface area contributed by atoms with Gasteiger partial charge < -0.3 is 19.5 Å². The normalized spacial score (nSPS) is 12.3. The Bertz CT molecular complexity index is 340. The second-order valence-corrected chi connectivity index (χ2v) is 4.71. The number of ether oxygens (including phenoxy) is 3. The van der Waals surface area contributed by atoms with Gasteiger partial charge in [-0.2, -0.15) is 0 Å². The van der Waals surface area contributed by atoms with Gasteiger partial charge in [-0.1, -0.05) is 19.1 Å². The van der Waals surface area contributed by atoms with E-state index in [4.69, 9.17) is 14.2 Å². The van der Waals surface area contributed by atoms with Crippen LogP contribution >= 0.6 is 0 Å². The minimum Gasteiger partial charge on any atom is -0.497 e. The number of likely N-dealkylation sites (N-methyl/N-ethyl adjacent to an activating group) is 1. The molecule has 1 aromatic rings. The summed E-state index contributed by atoms with van der Waals surface area (Å²) in [6.45, 7) is 5.11. The molecule has 0 aliphatic heterocycles. The number of benzene rings is 1. The number of methoxy groups -OCH3 is 2. The monoisotopic (exact) mass is 281 g/mol. The lowest BCUT2D eigenvalue weighted by atomic mass is 10.1. The van der Waals surface area contributed by atoms with Crippen LogP contribution in [0, 0.1) is 0 Å². The van der Waals surface area contributed by atoms with Crippen molar-refractivity contribution in [2.45, 2.75) is 25.8 Å². The molecular weight excluding hydrogens is 254 g/mol. The fourth-order valence-corrected chi connectivity index (χ4v) is 2.03. The molecular formula is C16H27NO3. The van der Waals surface area contributed by atoms with E-state index in [0.717, 1.165) is 31.7 Å². The number of rotatable bonds is 11. The zero-order valence-corrected chi connectivity index (χ0v) is 12.9. The number of aryl methyl sites for hydroxylation is 1. The molecule has 1 rings (SSSR count). The van der Waals surface area contributed by atoms with Crippen molar-refractivity contribution in [2.75, 3.05) is 40.6 Å². The van der Waals surface area contributed by atoms with E-state index in [9.17, 15) is 0 Å². The Morgan fingerprint density at radius 1 is 1.10 bits per heavy atom. The van der Waals surface area contributed by atoms with Crippen molar-refractivity contribution < 1.29 is 14.2 Å². The van der Waals surface area contributed by atoms with Crippen LogP contribution in [0.5, 0.6) is 5.75 Å². The maximum atomic E-state index is 5.61. The Labute approximate surface area is 122 Å². The zero-order chi connectivity index (χ0) is 14.6. The Balaban J connectivity index is 2.32. The van der Waals surface area contributed by atoms with Crippen LogP contribution in [0.4, 0.5) is 0 Å². The molecule has 0 bridgehead atoms. The molecule has 0 aromatic heterocycles. The van der Waals surface area contributed by atoms with E-state index in [-0.39, 0.29) is 0 Å². The lowest BCUT2D eigenvalue weighted by molar-refractivity contribution is 0.0578. The van der Waals surface area contributed by atoms with Gasteiger partial charge in [0.25, 0.3) is 0 Å². The zero-order valence-electron chi connectivity index (χ0n) is 12.9. The molecule has 114 valence electrons. The van der Waals surface area contributed by atoms with Gasteiger partial charge in [-0.05, 0) is 37.1 Å². The summed E-state index contributed by atoms with van der Waals surface area (Å²) in [6, 6.07) is 8.64. The first kappa shape index (κ1) is 17.0.